The molecule has 60 heavy (non-hydrogen) atoms. The van der Waals surface area contributed by atoms with E-state index in [1.165, 1.54) is 64.2 Å². The number of nitrogens with one attached hydrogen (secondary N) is 6. The summed E-state index contributed by atoms with van der Waals surface area (Å²) in [5.41, 5.74) is 0. The van der Waals surface area contributed by atoms with Gasteiger partial charge in [-0.25, -0.2) is 4.79 Å². The van der Waals surface area contributed by atoms with Gasteiger partial charge in [-0.2, -0.15) is 0 Å². The number of ether oxygens (including phenoxy) is 4. The lowest BCUT2D eigenvalue weighted by atomic mass is 10.0. The van der Waals surface area contributed by atoms with Crippen LogP contribution in [0.5, 0.6) is 0 Å². The van der Waals surface area contributed by atoms with E-state index in [-0.39, 0.29) is 107 Å². The number of hydrogen-bond acceptors (Lipinski definition) is 11. The molecular weight excluding hydrogens is 777 g/mol. The van der Waals surface area contributed by atoms with Gasteiger partial charge >= 0.3 is 5.97 Å². The lowest BCUT2D eigenvalue weighted by molar-refractivity contribution is -0.142. The van der Waals surface area contributed by atoms with Crippen molar-refractivity contribution in [3.63, 3.8) is 0 Å². The molecule has 2 unspecified atom stereocenters. The summed E-state index contributed by atoms with van der Waals surface area (Å²) in [4.78, 5) is 71.7. The Morgan fingerprint density at radius 1 is 0.450 bits per heavy atom. The first-order valence-corrected chi connectivity index (χ1v) is 22.7. The van der Waals surface area contributed by atoms with Crippen LogP contribution in [0.3, 0.4) is 0 Å². The normalized spacial score (nSPS) is 12.1. The smallest absolute Gasteiger partial charge is 0.326 e. The van der Waals surface area contributed by atoms with Crippen molar-refractivity contribution < 1.29 is 52.8 Å². The Morgan fingerprint density at radius 2 is 0.900 bits per heavy atom. The summed E-state index contributed by atoms with van der Waals surface area (Å²) in [6.45, 7) is 5.70. The number of carboxylic acid groups (broad SMARTS) is 1. The van der Waals surface area contributed by atoms with Crippen molar-refractivity contribution in [2.24, 2.45) is 0 Å². The molecular formula is C43H82N6O11. The number of carbonyl (C=O) groups excluding carboxylic acids is 5. The lowest BCUT2D eigenvalue weighted by Crippen LogP contribution is -2.41. The molecule has 7 N–H and O–H groups in total. The number of unbranched alkanes of at least 4 members (excludes halogenated alkanes) is 13. The number of aliphatic carboxylic acids is 1. The number of carboxylic acids is 1. The second-order valence-electron chi connectivity index (χ2n) is 14.9. The van der Waals surface area contributed by atoms with Gasteiger partial charge in [0, 0.05) is 52.4 Å². The molecule has 0 saturated carbocycles. The summed E-state index contributed by atoms with van der Waals surface area (Å²) in [5, 5.41) is 25.9. The summed E-state index contributed by atoms with van der Waals surface area (Å²) < 4.78 is 21.7. The van der Waals surface area contributed by atoms with Crippen molar-refractivity contribution in [2.45, 2.75) is 154 Å². The average molecular weight is 859 g/mol. The molecule has 0 aliphatic heterocycles. The fraction of sp³-hybridized carbons (Fsp3) is 0.860. The fourth-order valence-electron chi connectivity index (χ4n) is 6.15. The highest BCUT2D eigenvalue weighted by Gasteiger charge is 2.21. The molecule has 0 rings (SSSR count). The molecule has 350 valence electrons. The Hall–Kier alpha value is -3.38. The Kier molecular flexibility index (Phi) is 39.9. The molecule has 0 saturated heterocycles. The van der Waals surface area contributed by atoms with Crippen molar-refractivity contribution in [1.29, 1.82) is 0 Å². The first-order chi connectivity index (χ1) is 29.1. The molecule has 0 aliphatic rings. The second-order valence-corrected chi connectivity index (χ2v) is 14.9. The number of rotatable bonds is 44. The maximum atomic E-state index is 12.3. The minimum absolute atomic E-state index is 0.00311. The predicted molar refractivity (Wildman–Crippen MR) is 231 cm³/mol. The number of amides is 5. The van der Waals surface area contributed by atoms with Gasteiger partial charge in [0.2, 0.25) is 29.5 Å². The average Bonchev–Trinajstić information content (AvgIpc) is 3.23. The van der Waals surface area contributed by atoms with Crippen LogP contribution in [0.15, 0.2) is 0 Å². The molecule has 0 radical (unpaired) electrons. The van der Waals surface area contributed by atoms with Gasteiger partial charge in [0.15, 0.2) is 0 Å². The van der Waals surface area contributed by atoms with Crippen LogP contribution in [-0.2, 0) is 47.7 Å². The number of likely N-dealkylation sites (N-methyl/N-ethyl adjacent to an activating group) is 2. The van der Waals surface area contributed by atoms with Crippen LogP contribution in [0.4, 0.5) is 0 Å². The SMILES string of the molecule is CCCCCCCCCCCCCCCC(=O)NC(CCC(=O)NCCOCCOCCC(=O)NCCOCCOCCC(=O)NCCCCC(NC)C(=O)NC)C(=O)O. The van der Waals surface area contributed by atoms with Crippen molar-refractivity contribution in [1.82, 2.24) is 31.9 Å². The first kappa shape index (κ1) is 56.6. The van der Waals surface area contributed by atoms with Crippen molar-refractivity contribution >= 4 is 35.5 Å². The van der Waals surface area contributed by atoms with Gasteiger partial charge in [0.1, 0.15) is 6.04 Å². The summed E-state index contributed by atoms with van der Waals surface area (Å²) in [6.07, 6.45) is 18.7. The Bertz CT molecular complexity index is 1120. The Balaban J connectivity index is 3.63. The molecule has 0 aromatic heterocycles. The third kappa shape index (κ3) is 37.6. The van der Waals surface area contributed by atoms with Gasteiger partial charge in [-0.3, -0.25) is 24.0 Å². The summed E-state index contributed by atoms with van der Waals surface area (Å²) >= 11 is 0. The van der Waals surface area contributed by atoms with E-state index in [1.54, 1.807) is 14.1 Å². The molecule has 5 amide bonds. The van der Waals surface area contributed by atoms with Crippen LogP contribution in [-0.4, -0.2) is 139 Å². The third-order valence-corrected chi connectivity index (χ3v) is 9.78. The molecule has 0 bridgehead atoms. The predicted octanol–water partition coefficient (Wildman–Crippen LogP) is 3.52. The Labute approximate surface area is 360 Å². The van der Waals surface area contributed by atoms with Gasteiger partial charge in [-0.1, -0.05) is 84.0 Å². The molecule has 17 nitrogen and oxygen atoms in total. The highest BCUT2D eigenvalue weighted by Crippen LogP contribution is 2.13. The second kappa shape index (κ2) is 42.3. The van der Waals surface area contributed by atoms with Gasteiger partial charge in [0.25, 0.3) is 0 Å². The van der Waals surface area contributed by atoms with E-state index in [2.05, 4.69) is 38.8 Å². The maximum absolute atomic E-state index is 12.3. The fourth-order valence-corrected chi connectivity index (χ4v) is 6.15. The van der Waals surface area contributed by atoms with Crippen molar-refractivity contribution in [3.05, 3.63) is 0 Å². The Morgan fingerprint density at radius 3 is 1.37 bits per heavy atom. The zero-order chi connectivity index (χ0) is 44.3. The third-order valence-electron chi connectivity index (χ3n) is 9.78. The van der Waals surface area contributed by atoms with Gasteiger partial charge in [-0.15, -0.1) is 0 Å². The van der Waals surface area contributed by atoms with Gasteiger partial charge in [-0.05, 0) is 39.2 Å². The van der Waals surface area contributed by atoms with E-state index in [0.29, 0.717) is 39.3 Å². The summed E-state index contributed by atoms with van der Waals surface area (Å²) in [5.74, 6) is -2.08. The van der Waals surface area contributed by atoms with Crippen LogP contribution in [0.25, 0.3) is 0 Å². The standard InChI is InChI=1S/C43H82N6O11/c1-4-5-6-7-8-9-10-11-12-13-14-15-16-20-41(53)49-37(43(55)56)21-22-38(50)47-26-30-59-34-33-58-29-24-40(52)48-27-31-60-35-32-57-28-23-39(51)46-25-18-17-19-36(44-2)42(54)45-3/h36-37,44H,4-35H2,1-3H3,(H,45,54)(H,46,51)(H,47,50)(H,48,52)(H,49,53)(H,55,56). The lowest BCUT2D eigenvalue weighted by Gasteiger charge is -2.14. The van der Waals surface area contributed by atoms with Gasteiger partial charge in [0.05, 0.1) is 58.9 Å². The summed E-state index contributed by atoms with van der Waals surface area (Å²) in [7, 11) is 3.36. The van der Waals surface area contributed by atoms with E-state index < -0.39 is 12.0 Å². The van der Waals surface area contributed by atoms with E-state index in [9.17, 15) is 33.9 Å². The molecule has 0 fully saturated rings. The molecule has 2 atom stereocenters. The highest BCUT2D eigenvalue weighted by atomic mass is 16.5. The van der Waals surface area contributed by atoms with Crippen LogP contribution >= 0.6 is 0 Å². The van der Waals surface area contributed by atoms with Crippen LogP contribution in [0.1, 0.15) is 142 Å². The van der Waals surface area contributed by atoms with Crippen LogP contribution in [0, 0.1) is 0 Å². The minimum atomic E-state index is -1.16. The first-order valence-electron chi connectivity index (χ1n) is 22.7. The quantitative estimate of drug-likeness (QED) is 0.0437. The van der Waals surface area contributed by atoms with Gasteiger partial charge < -0.3 is 56.0 Å². The number of hydrogen-bond donors (Lipinski definition) is 7. The van der Waals surface area contributed by atoms with Crippen LogP contribution in [0.2, 0.25) is 0 Å². The molecule has 0 heterocycles. The van der Waals surface area contributed by atoms with E-state index in [0.717, 1.165) is 32.1 Å². The minimum Gasteiger partial charge on any atom is -0.480 e. The zero-order valence-corrected chi connectivity index (χ0v) is 37.3. The topological polar surface area (TPSA) is 232 Å². The molecule has 17 heteroatoms. The van der Waals surface area contributed by atoms with E-state index in [4.69, 9.17) is 18.9 Å². The monoisotopic (exact) mass is 859 g/mol. The molecule has 0 spiro atoms. The largest absolute Gasteiger partial charge is 0.480 e. The molecule has 0 aromatic carbocycles. The zero-order valence-electron chi connectivity index (χ0n) is 37.3. The van der Waals surface area contributed by atoms with E-state index in [1.807, 2.05) is 0 Å². The summed E-state index contributed by atoms with van der Waals surface area (Å²) in [6, 6.07) is -1.34. The van der Waals surface area contributed by atoms with Crippen LogP contribution < -0.4 is 31.9 Å². The molecule has 0 aliphatic carbocycles. The number of carbonyl (C=O) groups is 6. The van der Waals surface area contributed by atoms with Crippen molar-refractivity contribution in [2.75, 3.05) is 86.6 Å². The highest BCUT2D eigenvalue weighted by molar-refractivity contribution is 5.84. The van der Waals surface area contributed by atoms with E-state index >= 15 is 0 Å². The maximum Gasteiger partial charge on any atom is 0.326 e. The molecule has 0 aromatic rings. The van der Waals surface area contributed by atoms with Crippen molar-refractivity contribution in [3.8, 4) is 0 Å².